The van der Waals surface area contributed by atoms with Crippen molar-refractivity contribution in [3.63, 3.8) is 0 Å². The molecule has 0 heterocycles. The zero-order chi connectivity index (χ0) is 58.4. The summed E-state index contributed by atoms with van der Waals surface area (Å²) in [4.78, 5) is 0. The van der Waals surface area contributed by atoms with E-state index in [4.69, 9.17) is 0 Å². The van der Waals surface area contributed by atoms with Gasteiger partial charge in [0.05, 0.1) is 0 Å². The van der Waals surface area contributed by atoms with Crippen LogP contribution >= 0.6 is 0 Å². The average molecular weight is 1150 g/mol. The van der Waals surface area contributed by atoms with Crippen molar-refractivity contribution in [2.45, 2.75) is 93.9 Å². The summed E-state index contributed by atoms with van der Waals surface area (Å²) >= 11 is 0. The quantitative estimate of drug-likeness (QED) is 0.227. The minimum atomic E-state index is 0.0282. The van der Waals surface area contributed by atoms with Gasteiger partial charge in [-0.2, -0.15) is 0 Å². The standard InChI is InChI=1S/C89H78/c1-9-43-56-22-16-50-41(7)52-18-24-64-72(68-34-30-60-45(11-3)58-28-27-57(43)82(58)88(77(50)56,79(52)64)84(60)68)38-74-66-26-20-54-42(8)53-19-25-65-73(69-35-31-61-46(12-4)62-32-36-70(74)86(62)89(80(53)65,81(54)66)85(61)69)37-71-63-23-17-51-40(6)48-14-13-47-39(5)49-15-21-55-44(10-2)59-29-33-67(71)83(59)87(75(47)48,76(49)55)78(51)63/h13-36,48,52-53,57,67,70,75-86H,9-12,37-38H2,1-8H3. The predicted octanol–water partition coefficient (Wildman–Crippen LogP) is 20.0. The van der Waals surface area contributed by atoms with Crippen molar-refractivity contribution in [3.8, 4) is 0 Å². The van der Waals surface area contributed by atoms with Gasteiger partial charge in [0.15, 0.2) is 0 Å². The van der Waals surface area contributed by atoms with E-state index in [0.29, 0.717) is 107 Å². The predicted molar refractivity (Wildman–Crippen MR) is 358 cm³/mol. The van der Waals surface area contributed by atoms with Crippen molar-refractivity contribution in [1.29, 1.82) is 0 Å². The maximum atomic E-state index is 2.81. The lowest BCUT2D eigenvalue weighted by molar-refractivity contribution is -0.0206. The molecule has 3 spiro atoms. The Morgan fingerprint density at radius 1 is 0.258 bits per heavy atom. The molecule has 0 fully saturated rings. The van der Waals surface area contributed by atoms with Crippen LogP contribution in [0.25, 0.3) is 0 Å². The molecule has 0 heteroatoms. The van der Waals surface area contributed by atoms with Crippen LogP contribution in [-0.2, 0) is 0 Å². The monoisotopic (exact) mass is 1150 g/mol. The van der Waals surface area contributed by atoms with E-state index in [1.165, 1.54) is 0 Å². The highest BCUT2D eigenvalue weighted by Gasteiger charge is 2.77. The largest absolute Gasteiger partial charge is 0.0764 e. The lowest BCUT2D eigenvalue weighted by Gasteiger charge is -2.67. The van der Waals surface area contributed by atoms with Gasteiger partial charge in [-0.3, -0.25) is 0 Å². The highest BCUT2D eigenvalue weighted by atomic mass is 14.8. The molecule has 24 rings (SSSR count). The molecule has 24 aliphatic rings. The minimum Gasteiger partial charge on any atom is -0.0764 e. The van der Waals surface area contributed by atoms with Crippen molar-refractivity contribution >= 4 is 0 Å². The molecule has 24 aliphatic carbocycles. The molecule has 0 amide bonds. The smallest absolute Gasteiger partial charge is 0.0173 e. The Kier molecular flexibility index (Phi) is 8.30. The first kappa shape index (κ1) is 48.8. The molecule has 434 valence electrons. The molecule has 0 saturated heterocycles. The third-order valence-corrected chi connectivity index (χ3v) is 31.4. The van der Waals surface area contributed by atoms with Crippen LogP contribution in [0.3, 0.4) is 0 Å². The number of hydrogen-bond acceptors (Lipinski definition) is 0. The summed E-state index contributed by atoms with van der Waals surface area (Å²) in [6.07, 6.45) is 71.4. The summed E-state index contributed by atoms with van der Waals surface area (Å²) in [5.74, 6) is 8.21. The van der Waals surface area contributed by atoms with E-state index in [0.717, 1.165) is 38.5 Å². The number of hydrogen-bond donors (Lipinski definition) is 0. The average Bonchev–Trinajstić information content (AvgIpc) is 1.62. The summed E-state index contributed by atoms with van der Waals surface area (Å²) in [6.45, 7) is 20.1. The topological polar surface area (TPSA) is 0 Å². The van der Waals surface area contributed by atoms with Crippen molar-refractivity contribution in [2.75, 3.05) is 0 Å². The second-order valence-electron chi connectivity index (χ2n) is 32.4. The minimum absolute atomic E-state index is 0.0282. The van der Waals surface area contributed by atoms with Crippen molar-refractivity contribution in [2.24, 2.45) is 123 Å². The third kappa shape index (κ3) is 4.56. The second-order valence-corrected chi connectivity index (χ2v) is 32.4. The Balaban J connectivity index is 0.695. The Hall–Kier alpha value is -7.02. The highest BCUT2D eigenvalue weighted by Crippen LogP contribution is 2.85. The highest BCUT2D eigenvalue weighted by molar-refractivity contribution is 5.79. The molecular weight excluding hydrogens is 1070 g/mol. The molecule has 89 heavy (non-hydrogen) atoms. The van der Waals surface area contributed by atoms with Crippen molar-refractivity contribution in [1.82, 2.24) is 0 Å². The molecule has 0 bridgehead atoms. The normalized spacial score (nSPS) is 45.8. The molecule has 0 aliphatic heterocycles. The molecule has 0 aromatic rings. The van der Waals surface area contributed by atoms with Crippen LogP contribution in [0.1, 0.15) is 93.9 Å². The molecule has 21 unspecified atom stereocenters. The van der Waals surface area contributed by atoms with Crippen LogP contribution in [0.5, 0.6) is 0 Å². The number of rotatable bonds is 8. The first-order chi connectivity index (χ1) is 43.7. The Morgan fingerprint density at radius 3 is 0.921 bits per heavy atom. The maximum Gasteiger partial charge on any atom is 0.0173 e. The van der Waals surface area contributed by atoms with Crippen molar-refractivity contribution < 1.29 is 0 Å². The van der Waals surface area contributed by atoms with Crippen LogP contribution in [0, 0.1) is 123 Å². The first-order valence-corrected chi connectivity index (χ1v) is 35.7. The van der Waals surface area contributed by atoms with Gasteiger partial charge in [0.2, 0.25) is 0 Å². The molecule has 0 nitrogen and oxygen atoms in total. The van der Waals surface area contributed by atoms with Gasteiger partial charge in [0, 0.05) is 123 Å². The van der Waals surface area contributed by atoms with Gasteiger partial charge in [-0.05, 0) is 200 Å². The Bertz CT molecular complexity index is 4830. The molecule has 0 saturated carbocycles. The molecule has 0 aromatic carbocycles. The molecule has 21 atom stereocenters. The van der Waals surface area contributed by atoms with Gasteiger partial charge in [-0.15, -0.1) is 0 Å². The summed E-state index contributed by atoms with van der Waals surface area (Å²) in [5, 5.41) is 0. The molecular formula is C89H78. The van der Waals surface area contributed by atoms with Gasteiger partial charge in [-0.25, -0.2) is 0 Å². The second kappa shape index (κ2) is 15.1. The van der Waals surface area contributed by atoms with Crippen LogP contribution < -0.4 is 0 Å². The Morgan fingerprint density at radius 2 is 0.539 bits per heavy atom. The maximum absolute atomic E-state index is 2.81. The fourth-order valence-corrected chi connectivity index (χ4v) is 29.5. The van der Waals surface area contributed by atoms with E-state index < -0.39 is 0 Å². The van der Waals surface area contributed by atoms with E-state index in [2.05, 4.69) is 201 Å². The summed E-state index contributed by atoms with van der Waals surface area (Å²) in [5.41, 5.74) is 51.1. The third-order valence-electron chi connectivity index (χ3n) is 31.4. The fraction of sp³-hybridized carbons (Fsp3) is 0.393. The van der Waals surface area contributed by atoms with Gasteiger partial charge >= 0.3 is 0 Å². The van der Waals surface area contributed by atoms with E-state index in [9.17, 15) is 0 Å². The van der Waals surface area contributed by atoms with Crippen LogP contribution in [-0.4, -0.2) is 0 Å². The summed E-state index contributed by atoms with van der Waals surface area (Å²) in [7, 11) is 0. The van der Waals surface area contributed by atoms with Gasteiger partial charge in [0.25, 0.3) is 0 Å². The SMILES string of the molecule is CCC1=C2C=CC3C(CC4=C5C=CC6C(C)=C7C=CC8=C(CC9=C%10C=CC%11C(C)=C%12C=CC%13=C(CC)C%14C=CC%15=C(CC)C%16=CC=C9C%16C(C%12%13)(C%10%11)C%15%14)C9C=CC%10=C(CC)C%11=CC=C4C%11C(C78)(C56)C%109)=C4C=CC5=C(C)C6C=CC7=C(C)C8=CC=C1C8C(C54)(C76)C23. The fourth-order valence-electron chi connectivity index (χ4n) is 29.5. The van der Waals surface area contributed by atoms with Crippen LogP contribution in [0.4, 0.5) is 0 Å². The zero-order valence-corrected chi connectivity index (χ0v) is 53.0. The first-order valence-electron chi connectivity index (χ1n) is 35.7. The van der Waals surface area contributed by atoms with E-state index in [1.807, 2.05) is 0 Å². The van der Waals surface area contributed by atoms with E-state index >= 15 is 0 Å². The van der Waals surface area contributed by atoms with Gasteiger partial charge in [-0.1, -0.05) is 207 Å². The van der Waals surface area contributed by atoms with Gasteiger partial charge < -0.3 is 0 Å². The lowest BCUT2D eigenvalue weighted by Crippen LogP contribution is -2.62. The van der Waals surface area contributed by atoms with Crippen molar-refractivity contribution in [3.05, 3.63) is 313 Å². The molecule has 0 radical (unpaired) electrons. The molecule has 0 N–H and O–H groups in total. The van der Waals surface area contributed by atoms with Crippen LogP contribution in [0.15, 0.2) is 313 Å². The van der Waals surface area contributed by atoms with Crippen LogP contribution in [0.2, 0.25) is 0 Å². The summed E-state index contributed by atoms with van der Waals surface area (Å²) < 4.78 is 0. The van der Waals surface area contributed by atoms with E-state index in [1.54, 1.807) is 167 Å². The zero-order valence-electron chi connectivity index (χ0n) is 53.0. The molecule has 0 aromatic heterocycles. The summed E-state index contributed by atoms with van der Waals surface area (Å²) in [6, 6.07) is 0. The Labute approximate surface area is 526 Å². The van der Waals surface area contributed by atoms with E-state index in [-0.39, 0.29) is 16.2 Å². The lowest BCUT2D eigenvalue weighted by atomic mass is 9.35. The van der Waals surface area contributed by atoms with Gasteiger partial charge in [0.1, 0.15) is 0 Å². The number of allylic oxidation sites excluding steroid dienone is 54.